The van der Waals surface area contributed by atoms with Gasteiger partial charge in [-0.3, -0.25) is 4.79 Å². The average molecular weight is 293 g/mol. The molecule has 0 spiro atoms. The minimum absolute atomic E-state index is 0.145. The highest BCUT2D eigenvalue weighted by Gasteiger charge is 2.09. The topological polar surface area (TPSA) is 72.7 Å². The number of carbonyl (C=O) groups is 1. The van der Waals surface area contributed by atoms with Crippen LogP contribution >= 0.6 is 0 Å². The van der Waals surface area contributed by atoms with Gasteiger partial charge in [-0.1, -0.05) is 29.8 Å². The SMILES string of the molecule is Cc1ccc(C(=O)Nc2cccc(-c3nnnn3C)c2)cc1. The van der Waals surface area contributed by atoms with Crippen molar-refractivity contribution in [1.29, 1.82) is 0 Å². The summed E-state index contributed by atoms with van der Waals surface area (Å²) in [6.45, 7) is 1.99. The van der Waals surface area contributed by atoms with E-state index in [9.17, 15) is 4.79 Å². The van der Waals surface area contributed by atoms with Crippen molar-refractivity contribution in [3.8, 4) is 11.4 Å². The van der Waals surface area contributed by atoms with E-state index in [1.165, 1.54) is 0 Å². The van der Waals surface area contributed by atoms with E-state index in [0.29, 0.717) is 17.1 Å². The van der Waals surface area contributed by atoms with E-state index >= 15 is 0 Å². The highest BCUT2D eigenvalue weighted by atomic mass is 16.1. The number of aromatic nitrogens is 4. The summed E-state index contributed by atoms with van der Waals surface area (Å²) < 4.78 is 1.58. The van der Waals surface area contributed by atoms with Crippen molar-refractivity contribution in [1.82, 2.24) is 20.2 Å². The fourth-order valence-corrected chi connectivity index (χ4v) is 2.12. The van der Waals surface area contributed by atoms with E-state index in [2.05, 4.69) is 20.8 Å². The van der Waals surface area contributed by atoms with Crippen LogP contribution in [0.4, 0.5) is 5.69 Å². The van der Waals surface area contributed by atoms with Crippen molar-refractivity contribution in [3.63, 3.8) is 0 Å². The second-order valence-electron chi connectivity index (χ2n) is 5.03. The maximum atomic E-state index is 12.2. The van der Waals surface area contributed by atoms with Crippen LogP contribution in [0.25, 0.3) is 11.4 Å². The quantitative estimate of drug-likeness (QED) is 0.805. The molecule has 1 N–H and O–H groups in total. The average Bonchev–Trinajstić information content (AvgIpc) is 2.94. The maximum Gasteiger partial charge on any atom is 0.255 e. The molecule has 6 heteroatoms. The van der Waals surface area contributed by atoms with E-state index in [0.717, 1.165) is 11.1 Å². The number of hydrogen-bond acceptors (Lipinski definition) is 4. The van der Waals surface area contributed by atoms with Gasteiger partial charge in [0.2, 0.25) is 0 Å². The van der Waals surface area contributed by atoms with Crippen LogP contribution in [0, 0.1) is 6.92 Å². The van der Waals surface area contributed by atoms with Crippen LogP contribution < -0.4 is 5.32 Å². The number of hydrogen-bond donors (Lipinski definition) is 1. The number of benzene rings is 2. The molecule has 0 saturated heterocycles. The second kappa shape index (κ2) is 5.77. The number of carbonyl (C=O) groups excluding carboxylic acids is 1. The van der Waals surface area contributed by atoms with Crippen LogP contribution in [0.5, 0.6) is 0 Å². The lowest BCUT2D eigenvalue weighted by Gasteiger charge is -2.07. The molecule has 0 aliphatic carbocycles. The van der Waals surface area contributed by atoms with Gasteiger partial charge in [-0.15, -0.1) is 5.10 Å². The smallest absolute Gasteiger partial charge is 0.255 e. The molecule has 0 atom stereocenters. The third-order valence-electron chi connectivity index (χ3n) is 3.31. The van der Waals surface area contributed by atoms with Gasteiger partial charge >= 0.3 is 0 Å². The molecular formula is C16H15N5O. The highest BCUT2D eigenvalue weighted by Crippen LogP contribution is 2.20. The van der Waals surface area contributed by atoms with Gasteiger partial charge in [-0.25, -0.2) is 4.68 Å². The molecular weight excluding hydrogens is 278 g/mol. The first-order valence-corrected chi connectivity index (χ1v) is 6.84. The third kappa shape index (κ3) is 2.85. The number of anilines is 1. The van der Waals surface area contributed by atoms with Crippen molar-refractivity contribution >= 4 is 11.6 Å². The van der Waals surface area contributed by atoms with E-state index in [4.69, 9.17) is 0 Å². The fourth-order valence-electron chi connectivity index (χ4n) is 2.12. The molecule has 6 nitrogen and oxygen atoms in total. The zero-order chi connectivity index (χ0) is 15.5. The Morgan fingerprint density at radius 1 is 1.14 bits per heavy atom. The largest absolute Gasteiger partial charge is 0.322 e. The normalized spacial score (nSPS) is 10.5. The first-order valence-electron chi connectivity index (χ1n) is 6.84. The number of aryl methyl sites for hydroxylation is 2. The Morgan fingerprint density at radius 3 is 2.59 bits per heavy atom. The predicted molar refractivity (Wildman–Crippen MR) is 83.4 cm³/mol. The summed E-state index contributed by atoms with van der Waals surface area (Å²) in [7, 11) is 1.77. The summed E-state index contributed by atoms with van der Waals surface area (Å²) >= 11 is 0. The fraction of sp³-hybridized carbons (Fsp3) is 0.125. The molecule has 1 aromatic heterocycles. The van der Waals surface area contributed by atoms with Gasteiger partial charge in [0.1, 0.15) is 0 Å². The van der Waals surface area contributed by atoms with Gasteiger partial charge in [0.15, 0.2) is 5.82 Å². The molecule has 0 aliphatic heterocycles. The molecule has 22 heavy (non-hydrogen) atoms. The van der Waals surface area contributed by atoms with Crippen LogP contribution in [0.3, 0.4) is 0 Å². The standard InChI is InChI=1S/C16H15N5O/c1-11-6-8-12(9-7-11)16(22)17-14-5-3-4-13(10-14)15-18-19-20-21(15)2/h3-10H,1-2H3,(H,17,22). The van der Waals surface area contributed by atoms with Gasteiger partial charge in [-0.2, -0.15) is 0 Å². The highest BCUT2D eigenvalue weighted by molar-refractivity contribution is 6.04. The Morgan fingerprint density at radius 2 is 1.91 bits per heavy atom. The van der Waals surface area contributed by atoms with Gasteiger partial charge in [0.05, 0.1) is 0 Å². The molecule has 1 heterocycles. The first-order chi connectivity index (χ1) is 10.6. The first kappa shape index (κ1) is 13.9. The Kier molecular flexibility index (Phi) is 3.65. The summed E-state index contributed by atoms with van der Waals surface area (Å²) in [5, 5.41) is 14.3. The van der Waals surface area contributed by atoms with Gasteiger partial charge in [-0.05, 0) is 41.6 Å². The van der Waals surface area contributed by atoms with Crippen LogP contribution in [-0.4, -0.2) is 26.1 Å². The molecule has 0 bridgehead atoms. The zero-order valence-corrected chi connectivity index (χ0v) is 12.3. The maximum absolute atomic E-state index is 12.2. The Labute approximate surface area is 127 Å². The summed E-state index contributed by atoms with van der Waals surface area (Å²) in [4.78, 5) is 12.2. The van der Waals surface area contributed by atoms with Crippen LogP contribution in [0.2, 0.25) is 0 Å². The van der Waals surface area contributed by atoms with E-state index in [1.54, 1.807) is 23.9 Å². The van der Waals surface area contributed by atoms with Crippen LogP contribution in [0.1, 0.15) is 15.9 Å². The van der Waals surface area contributed by atoms with Gasteiger partial charge in [0, 0.05) is 23.9 Å². The predicted octanol–water partition coefficient (Wildman–Crippen LogP) is 2.44. The number of nitrogens with one attached hydrogen (secondary N) is 1. The lowest BCUT2D eigenvalue weighted by molar-refractivity contribution is 0.102. The summed E-state index contributed by atoms with van der Waals surface area (Å²) in [6.07, 6.45) is 0. The lowest BCUT2D eigenvalue weighted by Crippen LogP contribution is -2.11. The molecule has 3 rings (SSSR count). The third-order valence-corrected chi connectivity index (χ3v) is 3.31. The van der Waals surface area contributed by atoms with Crippen molar-refractivity contribution in [2.45, 2.75) is 6.92 Å². The van der Waals surface area contributed by atoms with Gasteiger partial charge in [0.25, 0.3) is 5.91 Å². The minimum atomic E-state index is -0.145. The van der Waals surface area contributed by atoms with Crippen molar-refractivity contribution < 1.29 is 4.79 Å². The Hall–Kier alpha value is -3.02. The molecule has 0 fully saturated rings. The molecule has 2 aromatic carbocycles. The molecule has 0 saturated carbocycles. The van der Waals surface area contributed by atoms with Crippen molar-refractivity contribution in [2.24, 2.45) is 7.05 Å². The summed E-state index contributed by atoms with van der Waals surface area (Å²) in [6, 6.07) is 14.9. The zero-order valence-electron chi connectivity index (χ0n) is 12.3. The Bertz CT molecular complexity index is 807. The summed E-state index contributed by atoms with van der Waals surface area (Å²) in [5.74, 6) is 0.500. The minimum Gasteiger partial charge on any atom is -0.322 e. The number of nitrogens with zero attached hydrogens (tertiary/aromatic N) is 4. The Balaban J connectivity index is 1.82. The summed E-state index contributed by atoms with van der Waals surface area (Å²) in [5.41, 5.74) is 3.28. The molecule has 1 amide bonds. The number of amides is 1. The number of rotatable bonds is 3. The molecule has 0 unspecified atom stereocenters. The number of tetrazole rings is 1. The second-order valence-corrected chi connectivity index (χ2v) is 5.03. The molecule has 0 aliphatic rings. The van der Waals surface area contributed by atoms with E-state index in [-0.39, 0.29) is 5.91 Å². The van der Waals surface area contributed by atoms with E-state index in [1.807, 2.05) is 43.3 Å². The molecule has 0 radical (unpaired) electrons. The van der Waals surface area contributed by atoms with Crippen LogP contribution in [-0.2, 0) is 7.05 Å². The van der Waals surface area contributed by atoms with Crippen LogP contribution in [0.15, 0.2) is 48.5 Å². The molecule has 3 aromatic rings. The van der Waals surface area contributed by atoms with Crippen molar-refractivity contribution in [2.75, 3.05) is 5.32 Å². The molecule has 110 valence electrons. The van der Waals surface area contributed by atoms with Crippen molar-refractivity contribution in [3.05, 3.63) is 59.7 Å². The monoisotopic (exact) mass is 293 g/mol. The van der Waals surface area contributed by atoms with Gasteiger partial charge < -0.3 is 5.32 Å². The van der Waals surface area contributed by atoms with E-state index < -0.39 is 0 Å². The lowest BCUT2D eigenvalue weighted by atomic mass is 10.1.